The minimum atomic E-state index is -0.258. The van der Waals surface area contributed by atoms with Gasteiger partial charge in [-0.15, -0.1) is 0 Å². The highest BCUT2D eigenvalue weighted by atomic mass is 32.2. The molecule has 1 aromatic carbocycles. The quantitative estimate of drug-likeness (QED) is 0.797. The third-order valence-electron chi connectivity index (χ3n) is 3.09. The number of hydrogen-bond acceptors (Lipinski definition) is 3. The van der Waals surface area contributed by atoms with Gasteiger partial charge in [0.25, 0.3) is 0 Å². The number of anilines is 2. The second kappa shape index (κ2) is 4.95. The van der Waals surface area contributed by atoms with Gasteiger partial charge in [-0.05, 0) is 37.3 Å². The predicted octanol–water partition coefficient (Wildman–Crippen LogP) is 3.10. The normalized spacial score (nSPS) is 24.6. The summed E-state index contributed by atoms with van der Waals surface area (Å²) in [4.78, 5) is 0. The van der Waals surface area contributed by atoms with Crippen molar-refractivity contribution in [2.24, 2.45) is 0 Å². The van der Waals surface area contributed by atoms with Crippen LogP contribution in [0.3, 0.4) is 0 Å². The van der Waals surface area contributed by atoms with E-state index in [1.807, 2.05) is 11.8 Å². The van der Waals surface area contributed by atoms with Crippen molar-refractivity contribution in [2.75, 3.05) is 17.3 Å². The highest BCUT2D eigenvalue weighted by molar-refractivity contribution is 7.99. The van der Waals surface area contributed by atoms with Crippen LogP contribution in [0, 0.1) is 5.82 Å². The number of hydrogen-bond donors (Lipinski definition) is 2. The molecule has 2 rings (SSSR count). The van der Waals surface area contributed by atoms with Crippen LogP contribution in [0.5, 0.6) is 0 Å². The van der Waals surface area contributed by atoms with Crippen LogP contribution in [0.1, 0.15) is 19.3 Å². The summed E-state index contributed by atoms with van der Waals surface area (Å²) in [5.41, 5.74) is 6.56. The van der Waals surface area contributed by atoms with Crippen LogP contribution in [-0.2, 0) is 0 Å². The molecule has 0 radical (unpaired) electrons. The Kier molecular flexibility index (Phi) is 3.59. The molecule has 1 fully saturated rings. The van der Waals surface area contributed by atoms with Crippen LogP contribution >= 0.6 is 11.8 Å². The summed E-state index contributed by atoms with van der Waals surface area (Å²) in [5.74, 6) is -0.258. The Morgan fingerprint density at radius 1 is 1.44 bits per heavy atom. The van der Waals surface area contributed by atoms with Gasteiger partial charge in [0.2, 0.25) is 0 Å². The monoisotopic (exact) mass is 240 g/mol. The lowest BCUT2D eigenvalue weighted by molar-refractivity contribution is 0.625. The Morgan fingerprint density at radius 3 is 2.94 bits per heavy atom. The van der Waals surface area contributed by atoms with Gasteiger partial charge in [0.05, 0.1) is 5.69 Å². The average Bonchev–Trinajstić information content (AvgIpc) is 2.69. The molecule has 0 saturated heterocycles. The Morgan fingerprint density at radius 2 is 2.25 bits per heavy atom. The molecule has 0 amide bonds. The van der Waals surface area contributed by atoms with Crippen molar-refractivity contribution in [3.8, 4) is 0 Å². The molecule has 1 aromatic rings. The van der Waals surface area contributed by atoms with Crippen LogP contribution in [0.2, 0.25) is 0 Å². The molecule has 3 N–H and O–H groups in total. The van der Waals surface area contributed by atoms with Crippen LogP contribution in [0.15, 0.2) is 18.2 Å². The molecule has 0 bridgehead atoms. The Hall–Kier alpha value is -0.900. The SMILES string of the molecule is CSC1CCCC1Nc1ccc(N)cc1F. The van der Waals surface area contributed by atoms with Gasteiger partial charge in [-0.2, -0.15) is 11.8 Å². The molecule has 0 spiro atoms. The first-order valence-electron chi connectivity index (χ1n) is 5.55. The predicted molar refractivity (Wildman–Crippen MR) is 69.4 cm³/mol. The highest BCUT2D eigenvalue weighted by Gasteiger charge is 2.26. The molecule has 0 heterocycles. The summed E-state index contributed by atoms with van der Waals surface area (Å²) in [7, 11) is 0. The van der Waals surface area contributed by atoms with Crippen molar-refractivity contribution in [3.63, 3.8) is 0 Å². The summed E-state index contributed by atoms with van der Waals surface area (Å²) >= 11 is 1.86. The van der Waals surface area contributed by atoms with Gasteiger partial charge in [-0.25, -0.2) is 4.39 Å². The zero-order chi connectivity index (χ0) is 11.5. The van der Waals surface area contributed by atoms with E-state index >= 15 is 0 Å². The Bertz CT molecular complexity index is 370. The maximum atomic E-state index is 13.6. The number of nitrogens with two attached hydrogens (primary N) is 1. The van der Waals surface area contributed by atoms with Crippen LogP contribution < -0.4 is 11.1 Å². The van der Waals surface area contributed by atoms with Crippen molar-refractivity contribution in [2.45, 2.75) is 30.6 Å². The van der Waals surface area contributed by atoms with Crippen LogP contribution in [0.25, 0.3) is 0 Å². The largest absolute Gasteiger partial charge is 0.399 e. The third kappa shape index (κ3) is 2.43. The summed E-state index contributed by atoms with van der Waals surface area (Å²) in [6, 6.07) is 5.20. The van der Waals surface area contributed by atoms with E-state index in [0.29, 0.717) is 22.7 Å². The second-order valence-corrected chi connectivity index (χ2v) is 5.27. The van der Waals surface area contributed by atoms with Gasteiger partial charge >= 0.3 is 0 Å². The minimum Gasteiger partial charge on any atom is -0.399 e. The Balaban J connectivity index is 2.08. The smallest absolute Gasteiger partial charge is 0.148 e. The molecule has 1 aliphatic rings. The molecule has 2 atom stereocenters. The van der Waals surface area contributed by atoms with Gasteiger partial charge in [0.15, 0.2) is 0 Å². The van der Waals surface area contributed by atoms with E-state index < -0.39 is 0 Å². The fourth-order valence-corrected chi connectivity index (χ4v) is 3.16. The molecule has 1 saturated carbocycles. The third-order valence-corrected chi connectivity index (χ3v) is 4.26. The summed E-state index contributed by atoms with van der Waals surface area (Å²) in [6.07, 6.45) is 5.68. The fraction of sp³-hybridized carbons (Fsp3) is 0.500. The first-order valence-corrected chi connectivity index (χ1v) is 6.84. The second-order valence-electron chi connectivity index (χ2n) is 4.20. The molecule has 0 aliphatic heterocycles. The summed E-state index contributed by atoms with van der Waals surface area (Å²) in [5, 5.41) is 3.88. The van der Waals surface area contributed by atoms with Gasteiger partial charge in [0, 0.05) is 17.0 Å². The van der Waals surface area contributed by atoms with Gasteiger partial charge in [-0.3, -0.25) is 0 Å². The van der Waals surface area contributed by atoms with Gasteiger partial charge in [0.1, 0.15) is 5.82 Å². The summed E-state index contributed by atoms with van der Waals surface area (Å²) in [6.45, 7) is 0. The van der Waals surface area contributed by atoms with Crippen molar-refractivity contribution in [1.29, 1.82) is 0 Å². The topological polar surface area (TPSA) is 38.0 Å². The number of thioether (sulfide) groups is 1. The van der Waals surface area contributed by atoms with Crippen molar-refractivity contribution in [1.82, 2.24) is 0 Å². The molecule has 1 aliphatic carbocycles. The maximum Gasteiger partial charge on any atom is 0.148 e. The lowest BCUT2D eigenvalue weighted by atomic mass is 10.2. The van der Waals surface area contributed by atoms with Crippen molar-refractivity contribution < 1.29 is 4.39 Å². The van der Waals surface area contributed by atoms with Crippen molar-refractivity contribution >= 4 is 23.1 Å². The number of rotatable bonds is 3. The molecule has 0 aromatic heterocycles. The highest BCUT2D eigenvalue weighted by Crippen LogP contribution is 2.31. The molecule has 2 unspecified atom stereocenters. The molecule has 88 valence electrons. The van der Waals surface area contributed by atoms with Crippen LogP contribution in [0.4, 0.5) is 15.8 Å². The van der Waals surface area contributed by atoms with Crippen LogP contribution in [-0.4, -0.2) is 17.5 Å². The zero-order valence-corrected chi connectivity index (χ0v) is 10.2. The van der Waals surface area contributed by atoms with Gasteiger partial charge in [-0.1, -0.05) is 6.42 Å². The van der Waals surface area contributed by atoms with E-state index in [-0.39, 0.29) is 5.82 Å². The van der Waals surface area contributed by atoms with E-state index in [4.69, 9.17) is 5.73 Å². The Labute approximate surface area is 99.8 Å². The zero-order valence-electron chi connectivity index (χ0n) is 9.37. The molecular weight excluding hydrogens is 223 g/mol. The van der Waals surface area contributed by atoms with E-state index in [1.54, 1.807) is 12.1 Å². The van der Waals surface area contributed by atoms with E-state index in [0.717, 1.165) is 6.42 Å². The van der Waals surface area contributed by atoms with E-state index in [9.17, 15) is 4.39 Å². The average molecular weight is 240 g/mol. The molecular formula is C12H17FN2S. The fourth-order valence-electron chi connectivity index (χ4n) is 2.22. The molecule has 4 heteroatoms. The first-order chi connectivity index (χ1) is 7.70. The number of benzene rings is 1. The number of nitrogens with one attached hydrogen (secondary N) is 1. The summed E-state index contributed by atoms with van der Waals surface area (Å²) < 4.78 is 13.6. The molecule has 16 heavy (non-hydrogen) atoms. The standard InChI is InChI=1S/C12H17FN2S/c1-16-12-4-2-3-11(12)15-10-6-5-8(14)7-9(10)13/h5-7,11-12,15H,2-4,14H2,1H3. The minimum absolute atomic E-state index is 0.258. The van der Waals surface area contributed by atoms with Gasteiger partial charge < -0.3 is 11.1 Å². The van der Waals surface area contributed by atoms with Crippen molar-refractivity contribution in [3.05, 3.63) is 24.0 Å². The lowest BCUT2D eigenvalue weighted by Gasteiger charge is -2.20. The number of nitrogen functional groups attached to an aromatic ring is 1. The molecule has 2 nitrogen and oxygen atoms in total. The lowest BCUT2D eigenvalue weighted by Crippen LogP contribution is -2.26. The number of halogens is 1. The maximum absolute atomic E-state index is 13.6. The first kappa shape index (κ1) is 11.6. The van der Waals surface area contributed by atoms with E-state index in [1.165, 1.54) is 18.9 Å². The van der Waals surface area contributed by atoms with E-state index in [2.05, 4.69) is 11.6 Å².